The molecule has 0 bridgehead atoms. The van der Waals surface area contributed by atoms with Crippen LogP contribution in [-0.2, 0) is 9.53 Å². The number of ether oxygens (including phenoxy) is 1. The van der Waals surface area contributed by atoms with E-state index in [0.29, 0.717) is 6.04 Å². The van der Waals surface area contributed by atoms with Crippen LogP contribution in [0.1, 0.15) is 32.1 Å². The number of rotatable bonds is 3. The zero-order valence-corrected chi connectivity index (χ0v) is 8.79. The average Bonchev–Trinajstić information content (AvgIpc) is 2.58. The maximum atomic E-state index is 11.3. The molecule has 2 atom stereocenters. The molecule has 0 spiro atoms. The van der Waals surface area contributed by atoms with Crippen molar-refractivity contribution >= 4 is 5.97 Å². The summed E-state index contributed by atoms with van der Waals surface area (Å²) in [5, 5.41) is 3.42. The van der Waals surface area contributed by atoms with Gasteiger partial charge in [-0.25, -0.2) is 0 Å². The van der Waals surface area contributed by atoms with Crippen molar-refractivity contribution in [2.24, 2.45) is 11.8 Å². The van der Waals surface area contributed by atoms with Gasteiger partial charge in [0.2, 0.25) is 0 Å². The van der Waals surface area contributed by atoms with Crippen LogP contribution >= 0.6 is 0 Å². The Bertz CT molecular complexity index is 213. The van der Waals surface area contributed by atoms with Gasteiger partial charge < -0.3 is 10.1 Å². The summed E-state index contributed by atoms with van der Waals surface area (Å²) in [4.78, 5) is 11.3. The predicted octanol–water partition coefficient (Wildman–Crippen LogP) is 1.33. The van der Waals surface area contributed by atoms with Crippen molar-refractivity contribution in [1.29, 1.82) is 0 Å². The summed E-state index contributed by atoms with van der Waals surface area (Å²) < 4.78 is 4.75. The summed E-state index contributed by atoms with van der Waals surface area (Å²) in [7, 11) is 1.47. The maximum Gasteiger partial charge on any atom is 0.310 e. The molecule has 2 fully saturated rings. The largest absolute Gasteiger partial charge is 0.469 e. The molecule has 0 radical (unpaired) electrons. The van der Waals surface area contributed by atoms with E-state index in [4.69, 9.17) is 4.74 Å². The maximum absolute atomic E-state index is 11.3. The third kappa shape index (κ3) is 2.08. The number of hydrogen-bond acceptors (Lipinski definition) is 3. The van der Waals surface area contributed by atoms with Crippen molar-refractivity contribution in [3.8, 4) is 0 Å². The molecule has 2 aliphatic rings. The molecular weight excluding hydrogens is 178 g/mol. The highest BCUT2D eigenvalue weighted by atomic mass is 16.5. The molecule has 0 aromatic heterocycles. The summed E-state index contributed by atoms with van der Waals surface area (Å²) in [5.74, 6) is 0.975. The number of nitrogens with one attached hydrogen (secondary N) is 1. The second-order valence-electron chi connectivity index (χ2n) is 4.59. The second kappa shape index (κ2) is 4.30. The van der Waals surface area contributed by atoms with E-state index >= 15 is 0 Å². The van der Waals surface area contributed by atoms with Gasteiger partial charge in [-0.15, -0.1) is 0 Å². The molecule has 3 nitrogen and oxygen atoms in total. The van der Waals surface area contributed by atoms with Crippen molar-refractivity contribution < 1.29 is 9.53 Å². The Labute approximate surface area is 85.2 Å². The third-order valence-electron chi connectivity index (χ3n) is 3.60. The number of carbonyl (C=O) groups is 1. The number of hydrogen-bond donors (Lipinski definition) is 1. The summed E-state index contributed by atoms with van der Waals surface area (Å²) >= 11 is 0. The van der Waals surface area contributed by atoms with E-state index in [9.17, 15) is 4.79 Å². The first kappa shape index (κ1) is 9.97. The lowest BCUT2D eigenvalue weighted by Gasteiger charge is -2.28. The van der Waals surface area contributed by atoms with Crippen LogP contribution in [0.15, 0.2) is 0 Å². The van der Waals surface area contributed by atoms with Gasteiger partial charge in [-0.2, -0.15) is 0 Å². The minimum Gasteiger partial charge on any atom is -0.469 e. The van der Waals surface area contributed by atoms with Crippen molar-refractivity contribution in [1.82, 2.24) is 5.32 Å². The van der Waals surface area contributed by atoms with E-state index in [-0.39, 0.29) is 11.9 Å². The lowest BCUT2D eigenvalue weighted by atomic mass is 9.80. The number of carbonyl (C=O) groups excluding carboxylic acids is 1. The third-order valence-corrected chi connectivity index (χ3v) is 3.60. The van der Waals surface area contributed by atoms with Crippen LogP contribution in [0.5, 0.6) is 0 Å². The quantitative estimate of drug-likeness (QED) is 0.694. The highest BCUT2D eigenvalue weighted by Crippen LogP contribution is 2.33. The van der Waals surface area contributed by atoms with Crippen LogP contribution < -0.4 is 5.32 Å². The minimum atomic E-state index is -0.0476. The summed E-state index contributed by atoms with van der Waals surface area (Å²) in [5.41, 5.74) is 0. The van der Waals surface area contributed by atoms with E-state index in [1.54, 1.807) is 0 Å². The van der Waals surface area contributed by atoms with Crippen LogP contribution in [-0.4, -0.2) is 25.7 Å². The van der Waals surface area contributed by atoms with Crippen molar-refractivity contribution in [2.75, 3.05) is 13.7 Å². The summed E-state index contributed by atoms with van der Waals surface area (Å²) in [6.45, 7) is 0.810. The normalized spacial score (nSPS) is 32.6. The van der Waals surface area contributed by atoms with E-state index in [0.717, 1.165) is 18.9 Å². The van der Waals surface area contributed by atoms with Gasteiger partial charge in [0.25, 0.3) is 0 Å². The first-order valence-electron chi connectivity index (χ1n) is 5.61. The van der Waals surface area contributed by atoms with Crippen molar-refractivity contribution in [2.45, 2.75) is 38.1 Å². The van der Waals surface area contributed by atoms with Gasteiger partial charge in [0.05, 0.1) is 13.0 Å². The molecule has 1 N–H and O–H groups in total. The molecule has 2 unspecified atom stereocenters. The van der Waals surface area contributed by atoms with Gasteiger partial charge in [0.1, 0.15) is 0 Å². The predicted molar refractivity (Wildman–Crippen MR) is 53.9 cm³/mol. The summed E-state index contributed by atoms with van der Waals surface area (Å²) in [6.07, 6.45) is 6.41. The van der Waals surface area contributed by atoms with Crippen LogP contribution in [0.2, 0.25) is 0 Å². The molecule has 1 aliphatic heterocycles. The fourth-order valence-corrected chi connectivity index (χ4v) is 2.48. The lowest BCUT2D eigenvalue weighted by Crippen LogP contribution is -2.27. The Morgan fingerprint density at radius 1 is 1.50 bits per heavy atom. The van der Waals surface area contributed by atoms with E-state index in [1.807, 2.05) is 0 Å². The molecule has 1 saturated heterocycles. The molecule has 1 saturated carbocycles. The van der Waals surface area contributed by atoms with Crippen LogP contribution in [0.25, 0.3) is 0 Å². The summed E-state index contributed by atoms with van der Waals surface area (Å²) in [6, 6.07) is 0.560. The van der Waals surface area contributed by atoms with Crippen molar-refractivity contribution in [3.63, 3.8) is 0 Å². The van der Waals surface area contributed by atoms with Crippen LogP contribution in [0, 0.1) is 11.8 Å². The number of esters is 1. The molecule has 3 heteroatoms. The Balaban J connectivity index is 1.73. The zero-order valence-electron chi connectivity index (χ0n) is 8.79. The Hall–Kier alpha value is -0.570. The van der Waals surface area contributed by atoms with Gasteiger partial charge in [-0.3, -0.25) is 4.79 Å². The van der Waals surface area contributed by atoms with Gasteiger partial charge in [0, 0.05) is 12.6 Å². The standard InChI is InChI=1S/C11H19NO2/c1-14-11(13)9-6-10(12-7-9)5-8-3-2-4-8/h8-10,12H,2-7H2,1H3. The second-order valence-corrected chi connectivity index (χ2v) is 4.59. The highest BCUT2D eigenvalue weighted by molar-refractivity contribution is 5.73. The fraction of sp³-hybridized carbons (Fsp3) is 0.909. The number of methoxy groups -OCH3 is 1. The van der Waals surface area contributed by atoms with Gasteiger partial charge in [-0.1, -0.05) is 19.3 Å². The van der Waals surface area contributed by atoms with E-state index in [1.165, 1.54) is 32.8 Å². The molecule has 1 heterocycles. The first-order chi connectivity index (χ1) is 6.79. The molecule has 14 heavy (non-hydrogen) atoms. The zero-order chi connectivity index (χ0) is 9.97. The van der Waals surface area contributed by atoms with Crippen molar-refractivity contribution in [3.05, 3.63) is 0 Å². The van der Waals surface area contributed by atoms with E-state index in [2.05, 4.69) is 5.32 Å². The molecule has 0 aromatic carbocycles. The van der Waals surface area contributed by atoms with Gasteiger partial charge in [-0.05, 0) is 18.8 Å². The first-order valence-corrected chi connectivity index (χ1v) is 5.61. The lowest BCUT2D eigenvalue weighted by molar-refractivity contribution is -0.144. The smallest absolute Gasteiger partial charge is 0.310 e. The van der Waals surface area contributed by atoms with Gasteiger partial charge >= 0.3 is 5.97 Å². The molecule has 0 aromatic rings. The Morgan fingerprint density at radius 2 is 2.29 bits per heavy atom. The molecule has 0 amide bonds. The minimum absolute atomic E-state index is 0.0476. The Morgan fingerprint density at radius 3 is 2.86 bits per heavy atom. The molecule has 2 rings (SSSR count). The topological polar surface area (TPSA) is 38.3 Å². The SMILES string of the molecule is COC(=O)C1CNC(CC2CCC2)C1. The van der Waals surface area contributed by atoms with E-state index < -0.39 is 0 Å². The molecule has 1 aliphatic carbocycles. The fourth-order valence-electron chi connectivity index (χ4n) is 2.48. The van der Waals surface area contributed by atoms with Crippen LogP contribution in [0.4, 0.5) is 0 Å². The monoisotopic (exact) mass is 197 g/mol. The Kier molecular flexibility index (Phi) is 3.06. The van der Waals surface area contributed by atoms with Crippen LogP contribution in [0.3, 0.4) is 0 Å². The highest BCUT2D eigenvalue weighted by Gasteiger charge is 2.32. The molecular formula is C11H19NO2. The molecule has 80 valence electrons. The average molecular weight is 197 g/mol. The van der Waals surface area contributed by atoms with Gasteiger partial charge in [0.15, 0.2) is 0 Å².